The van der Waals surface area contributed by atoms with Crippen LogP contribution in [0.1, 0.15) is 48.9 Å². The van der Waals surface area contributed by atoms with Gasteiger partial charge >= 0.3 is 0 Å². The second kappa shape index (κ2) is 8.77. The maximum atomic E-state index is 11.7. The molecule has 0 amide bonds. The molecule has 1 saturated carbocycles. The number of benzene rings is 2. The summed E-state index contributed by atoms with van der Waals surface area (Å²) in [7, 11) is 0. The summed E-state index contributed by atoms with van der Waals surface area (Å²) in [5.74, 6) is -0.570. The predicted octanol–water partition coefficient (Wildman–Crippen LogP) is 2.32. The van der Waals surface area contributed by atoms with Crippen molar-refractivity contribution in [2.75, 3.05) is 5.32 Å². The third-order valence-electron chi connectivity index (χ3n) is 5.06. The van der Waals surface area contributed by atoms with Gasteiger partial charge in [-0.3, -0.25) is 0 Å². The van der Waals surface area contributed by atoms with Crippen LogP contribution in [0.4, 0.5) is 5.69 Å². The number of rotatable bonds is 7. The summed E-state index contributed by atoms with van der Waals surface area (Å²) in [4.78, 5) is 11.7. The minimum Gasteiger partial charge on any atom is -0.548 e. The van der Waals surface area contributed by atoms with Gasteiger partial charge in [0.15, 0.2) is 0 Å². The number of hydrogen-bond donors (Lipinski definition) is 2. The molecular formula is C22H23N2O4-. The van der Waals surface area contributed by atoms with Crippen LogP contribution in [0.3, 0.4) is 0 Å². The molecule has 3 rings (SSSR count). The van der Waals surface area contributed by atoms with Crippen molar-refractivity contribution in [3.05, 3.63) is 59.2 Å². The highest BCUT2D eigenvalue weighted by atomic mass is 16.5. The van der Waals surface area contributed by atoms with Gasteiger partial charge in [0.05, 0.1) is 29.7 Å². The normalized spacial score (nSPS) is 19.6. The number of aliphatic carboxylic acids is 1. The largest absolute Gasteiger partial charge is 0.548 e. The van der Waals surface area contributed by atoms with Crippen molar-refractivity contribution in [1.82, 2.24) is 0 Å². The molecule has 6 nitrogen and oxygen atoms in total. The molecule has 3 atom stereocenters. The van der Waals surface area contributed by atoms with Gasteiger partial charge in [-0.05, 0) is 73.2 Å². The van der Waals surface area contributed by atoms with Crippen LogP contribution in [0.2, 0.25) is 0 Å². The van der Waals surface area contributed by atoms with Gasteiger partial charge in [0.1, 0.15) is 11.9 Å². The summed E-state index contributed by atoms with van der Waals surface area (Å²) in [6.07, 6.45) is 2.48. The highest BCUT2D eigenvalue weighted by molar-refractivity contribution is 5.77. The number of nitrogens with one attached hydrogen (secondary N) is 1. The summed E-state index contributed by atoms with van der Waals surface area (Å²) in [5, 5.41) is 33.6. The van der Waals surface area contributed by atoms with Crippen molar-refractivity contribution in [3.8, 4) is 11.8 Å². The summed E-state index contributed by atoms with van der Waals surface area (Å²) in [6, 6.07) is 12.8. The number of carboxylic acid groups (broad SMARTS) is 1. The third-order valence-corrected chi connectivity index (χ3v) is 5.06. The number of carbonyl (C=O) groups excluding carboxylic acids is 1. The van der Waals surface area contributed by atoms with Gasteiger partial charge in [-0.1, -0.05) is 13.0 Å². The lowest BCUT2D eigenvalue weighted by Gasteiger charge is -2.24. The first-order valence-electron chi connectivity index (χ1n) is 9.47. The zero-order valence-electron chi connectivity index (χ0n) is 15.7. The van der Waals surface area contributed by atoms with E-state index in [0.717, 1.165) is 24.8 Å². The molecule has 146 valence electrons. The number of hydrogen-bond acceptors (Lipinski definition) is 6. The second-order valence-electron chi connectivity index (χ2n) is 6.96. The van der Waals surface area contributed by atoms with Gasteiger partial charge in [-0.25, -0.2) is 0 Å². The van der Waals surface area contributed by atoms with Crippen molar-refractivity contribution in [3.63, 3.8) is 0 Å². The Hall–Kier alpha value is -3.04. The molecule has 0 aliphatic heterocycles. The van der Waals surface area contributed by atoms with Gasteiger partial charge in [0.25, 0.3) is 0 Å². The highest BCUT2D eigenvalue weighted by Crippen LogP contribution is 2.30. The summed E-state index contributed by atoms with van der Waals surface area (Å²) < 4.78 is 5.98. The van der Waals surface area contributed by atoms with Crippen LogP contribution < -0.4 is 15.2 Å². The smallest absolute Gasteiger partial charge is 0.124 e. The fourth-order valence-electron chi connectivity index (χ4n) is 3.46. The number of nitriles is 1. The fraction of sp³-hybridized carbons (Fsp3) is 0.364. The molecule has 28 heavy (non-hydrogen) atoms. The van der Waals surface area contributed by atoms with Crippen molar-refractivity contribution in [2.45, 2.75) is 50.9 Å². The molecule has 0 saturated heterocycles. The Bertz CT molecular complexity index is 873. The maximum Gasteiger partial charge on any atom is 0.124 e. The average Bonchev–Trinajstić information content (AvgIpc) is 3.11. The minimum atomic E-state index is -1.24. The highest BCUT2D eigenvalue weighted by Gasteiger charge is 2.27. The Morgan fingerprint density at radius 2 is 2.07 bits per heavy atom. The Labute approximate surface area is 164 Å². The van der Waals surface area contributed by atoms with E-state index in [1.807, 2.05) is 13.0 Å². The SMILES string of the molecule is CCc1cc(C(Nc2ccc(C#N)cc2)C(=O)[O-])ccc1OC1CCCC1O. The van der Waals surface area contributed by atoms with E-state index in [1.165, 1.54) is 0 Å². The lowest BCUT2D eigenvalue weighted by atomic mass is 10.0. The van der Waals surface area contributed by atoms with Gasteiger partial charge in [-0.2, -0.15) is 5.26 Å². The topological polar surface area (TPSA) is 105 Å². The van der Waals surface area contributed by atoms with E-state index in [0.29, 0.717) is 29.0 Å². The molecule has 3 unspecified atom stereocenters. The third kappa shape index (κ3) is 4.44. The van der Waals surface area contributed by atoms with Gasteiger partial charge in [-0.15, -0.1) is 0 Å². The van der Waals surface area contributed by atoms with E-state index in [-0.39, 0.29) is 6.10 Å². The second-order valence-corrected chi connectivity index (χ2v) is 6.96. The number of carbonyl (C=O) groups is 1. The zero-order valence-corrected chi connectivity index (χ0v) is 15.7. The number of nitrogens with zero attached hydrogens (tertiary/aromatic N) is 1. The summed E-state index contributed by atoms with van der Waals surface area (Å²) in [5.41, 5.74) is 2.52. The van der Waals surface area contributed by atoms with Crippen molar-refractivity contribution in [2.24, 2.45) is 0 Å². The predicted molar refractivity (Wildman–Crippen MR) is 103 cm³/mol. The molecule has 1 fully saturated rings. The molecule has 0 heterocycles. The maximum absolute atomic E-state index is 11.7. The molecule has 2 aromatic carbocycles. The van der Waals surface area contributed by atoms with Crippen molar-refractivity contribution < 1.29 is 19.7 Å². The Morgan fingerprint density at radius 3 is 2.64 bits per heavy atom. The molecule has 2 aromatic rings. The van der Waals surface area contributed by atoms with Gasteiger partial charge in [0, 0.05) is 5.69 Å². The van der Waals surface area contributed by atoms with Crippen LogP contribution in [0, 0.1) is 11.3 Å². The molecule has 2 N–H and O–H groups in total. The van der Waals surface area contributed by atoms with Crippen LogP contribution in [0.25, 0.3) is 0 Å². The van der Waals surface area contributed by atoms with Gasteiger partial charge in [0.2, 0.25) is 0 Å². The zero-order chi connectivity index (χ0) is 20.1. The van der Waals surface area contributed by atoms with Crippen molar-refractivity contribution >= 4 is 11.7 Å². The number of aliphatic hydroxyl groups is 1. The van der Waals surface area contributed by atoms with Gasteiger partial charge < -0.3 is 25.1 Å². The molecule has 1 aliphatic carbocycles. The number of carboxylic acids is 1. The molecule has 0 spiro atoms. The number of aryl methyl sites for hydroxylation is 1. The Morgan fingerprint density at radius 1 is 1.32 bits per heavy atom. The van der Waals surface area contributed by atoms with Crippen LogP contribution in [0.15, 0.2) is 42.5 Å². The van der Waals surface area contributed by atoms with E-state index < -0.39 is 18.1 Å². The van der Waals surface area contributed by atoms with E-state index in [4.69, 9.17) is 10.00 Å². The van der Waals surface area contributed by atoms with Crippen molar-refractivity contribution in [1.29, 1.82) is 5.26 Å². The van der Waals surface area contributed by atoms with E-state index in [9.17, 15) is 15.0 Å². The number of ether oxygens (including phenoxy) is 1. The lowest BCUT2D eigenvalue weighted by Crippen LogP contribution is -2.34. The first-order valence-corrected chi connectivity index (χ1v) is 9.47. The molecule has 0 radical (unpaired) electrons. The summed E-state index contributed by atoms with van der Waals surface area (Å²) >= 11 is 0. The molecule has 1 aliphatic rings. The quantitative estimate of drug-likeness (QED) is 0.765. The standard InChI is InChI=1S/C22H24N2O4/c1-2-15-12-16(8-11-19(15)28-20-5-3-4-18(20)25)21(22(26)27)24-17-9-6-14(13-23)7-10-17/h6-12,18,20-21,24-25H,2-5H2,1H3,(H,26,27)/p-1. The summed E-state index contributed by atoms with van der Waals surface area (Å²) in [6.45, 7) is 1.97. The molecule has 6 heteroatoms. The fourth-order valence-corrected chi connectivity index (χ4v) is 3.46. The van der Waals surface area contributed by atoms with Crippen LogP contribution >= 0.6 is 0 Å². The molecular weight excluding hydrogens is 356 g/mol. The number of anilines is 1. The van der Waals surface area contributed by atoms with Crippen LogP contribution in [-0.4, -0.2) is 23.3 Å². The van der Waals surface area contributed by atoms with E-state index in [1.54, 1.807) is 42.5 Å². The van der Waals surface area contributed by atoms with Crippen LogP contribution in [-0.2, 0) is 11.2 Å². The first kappa shape index (κ1) is 19.7. The lowest BCUT2D eigenvalue weighted by molar-refractivity contribution is -0.307. The first-order chi connectivity index (χ1) is 13.5. The van der Waals surface area contributed by atoms with E-state index in [2.05, 4.69) is 5.32 Å². The van der Waals surface area contributed by atoms with E-state index >= 15 is 0 Å². The monoisotopic (exact) mass is 379 g/mol. The molecule has 0 bridgehead atoms. The number of aliphatic hydroxyl groups excluding tert-OH is 1. The average molecular weight is 379 g/mol. The Kier molecular flexibility index (Phi) is 6.17. The molecule has 0 aromatic heterocycles. The minimum absolute atomic E-state index is 0.218. The van der Waals surface area contributed by atoms with Crippen LogP contribution in [0.5, 0.6) is 5.75 Å². The Balaban J connectivity index is 1.82.